The summed E-state index contributed by atoms with van der Waals surface area (Å²) in [7, 11) is 0. The molecule has 0 radical (unpaired) electrons. The molecule has 0 saturated heterocycles. The number of halogens is 1. The van der Waals surface area contributed by atoms with Crippen LogP contribution in [0.4, 0.5) is 0 Å². The Balaban J connectivity index is 0.00000364. The Morgan fingerprint density at radius 2 is 1.67 bits per heavy atom. The summed E-state index contributed by atoms with van der Waals surface area (Å²) in [4.78, 5) is 35.6. The maximum absolute atomic E-state index is 12.2. The molecule has 1 aromatic carbocycles. The number of carbonyl (C=O) groups excluding carboxylic acids is 3. The van der Waals surface area contributed by atoms with Gasteiger partial charge in [-0.25, -0.2) is 10.2 Å². The second-order valence-electron chi connectivity index (χ2n) is 5.41. The van der Waals surface area contributed by atoms with Crippen molar-refractivity contribution in [3.05, 3.63) is 66.0 Å². The molecule has 1 N–H and O–H groups in total. The lowest BCUT2D eigenvalue weighted by molar-refractivity contribution is -0.683. The Morgan fingerprint density at radius 1 is 1.04 bits per heavy atom. The van der Waals surface area contributed by atoms with Crippen LogP contribution in [0.15, 0.2) is 60.0 Å². The number of nitrogens with one attached hydrogen (secondary N) is 1. The van der Waals surface area contributed by atoms with Crippen molar-refractivity contribution in [2.24, 2.45) is 5.10 Å². The number of amides is 1. The molecule has 1 heterocycles. The Kier molecular flexibility index (Phi) is 9.01. The Morgan fingerprint density at radius 3 is 2.26 bits per heavy atom. The van der Waals surface area contributed by atoms with E-state index in [1.165, 1.54) is 6.92 Å². The summed E-state index contributed by atoms with van der Waals surface area (Å²) >= 11 is 0. The van der Waals surface area contributed by atoms with Crippen molar-refractivity contribution in [3.63, 3.8) is 0 Å². The third-order valence-electron chi connectivity index (χ3n) is 3.47. The molecule has 1 amide bonds. The number of ether oxygens (including phenoxy) is 1. The molecule has 0 aliphatic heterocycles. The van der Waals surface area contributed by atoms with Crippen molar-refractivity contribution >= 4 is 40.4 Å². The van der Waals surface area contributed by atoms with Crippen LogP contribution < -0.4 is 9.99 Å². The van der Waals surface area contributed by atoms with Crippen molar-refractivity contribution < 1.29 is 23.7 Å². The largest absolute Gasteiger partial charge is 0.461 e. The number of rotatable bonds is 7. The van der Waals surface area contributed by atoms with Crippen LogP contribution in [0.3, 0.4) is 0 Å². The topological polar surface area (TPSA) is 88.7 Å². The minimum Gasteiger partial charge on any atom is -0.461 e. The van der Waals surface area contributed by atoms with Gasteiger partial charge in [-0.3, -0.25) is 9.59 Å². The van der Waals surface area contributed by atoms with Gasteiger partial charge in [-0.15, -0.1) is 17.0 Å². The highest BCUT2D eigenvalue weighted by Crippen LogP contribution is 2.00. The molecule has 0 saturated carbocycles. The van der Waals surface area contributed by atoms with E-state index in [0.29, 0.717) is 11.1 Å². The molecule has 27 heavy (non-hydrogen) atoms. The number of hydrazone groups is 1. The van der Waals surface area contributed by atoms with E-state index in [0.717, 1.165) is 0 Å². The van der Waals surface area contributed by atoms with Gasteiger partial charge < -0.3 is 4.74 Å². The summed E-state index contributed by atoms with van der Waals surface area (Å²) in [5.74, 6) is -1.07. The highest BCUT2D eigenvalue weighted by molar-refractivity contribution is 8.93. The normalized spacial score (nSPS) is 10.5. The summed E-state index contributed by atoms with van der Waals surface area (Å²) in [5, 5.41) is 3.71. The third-order valence-corrected chi connectivity index (χ3v) is 3.47. The number of Topliss-reactive ketones (excluding diaryl/α,β-unsaturated/α-hetero) is 1. The first kappa shape index (κ1) is 22.2. The zero-order valence-electron chi connectivity index (χ0n) is 15.0. The van der Waals surface area contributed by atoms with Crippen LogP contribution >= 0.6 is 17.0 Å². The molecule has 0 fully saturated rings. The van der Waals surface area contributed by atoms with Crippen molar-refractivity contribution in [1.29, 1.82) is 0 Å². The fourth-order valence-electron chi connectivity index (χ4n) is 2.08. The van der Waals surface area contributed by atoms with E-state index in [1.54, 1.807) is 48.1 Å². The number of hydrogen-bond donors (Lipinski definition) is 1. The van der Waals surface area contributed by atoms with Crippen LogP contribution in [0.5, 0.6) is 0 Å². The zero-order valence-corrected chi connectivity index (χ0v) is 16.8. The van der Waals surface area contributed by atoms with Gasteiger partial charge in [-0.2, -0.15) is 9.67 Å². The zero-order chi connectivity index (χ0) is 18.9. The quantitative estimate of drug-likeness (QED) is 0.237. The summed E-state index contributed by atoms with van der Waals surface area (Å²) < 4.78 is 6.45. The summed E-state index contributed by atoms with van der Waals surface area (Å²) in [6.07, 6.45) is 3.27. The molecule has 142 valence electrons. The van der Waals surface area contributed by atoms with Crippen LogP contribution in [0.2, 0.25) is 0 Å². The number of benzene rings is 1. The van der Waals surface area contributed by atoms with Gasteiger partial charge in [0, 0.05) is 17.7 Å². The van der Waals surface area contributed by atoms with E-state index in [4.69, 9.17) is 4.74 Å². The van der Waals surface area contributed by atoms with Crippen molar-refractivity contribution in [3.8, 4) is 0 Å². The number of aromatic nitrogens is 1. The monoisotopic (exact) mass is 434 g/mol. The smallest absolute Gasteiger partial charge is 0.354 e. The Labute approximate surface area is 167 Å². The Bertz CT molecular complexity index is 821. The highest BCUT2D eigenvalue weighted by atomic mass is 79.9. The van der Waals surface area contributed by atoms with Crippen LogP contribution in [0.1, 0.15) is 34.6 Å². The van der Waals surface area contributed by atoms with Gasteiger partial charge in [0.25, 0.3) is 5.91 Å². The number of nitrogens with zero attached hydrogens (tertiary/aromatic N) is 2. The average Bonchev–Trinajstić information content (AvgIpc) is 2.67. The highest BCUT2D eigenvalue weighted by Gasteiger charge is 2.13. The number of esters is 1. The van der Waals surface area contributed by atoms with Gasteiger partial charge in [-0.1, -0.05) is 30.3 Å². The fraction of sp³-hybridized carbons (Fsp3) is 0.211. The van der Waals surface area contributed by atoms with E-state index in [1.807, 2.05) is 18.2 Å². The van der Waals surface area contributed by atoms with Gasteiger partial charge in [0.2, 0.25) is 12.3 Å². The van der Waals surface area contributed by atoms with Gasteiger partial charge in [0.15, 0.2) is 12.4 Å². The lowest BCUT2D eigenvalue weighted by atomic mass is 10.1. The first-order valence-electron chi connectivity index (χ1n) is 8.10. The standard InChI is InChI=1S/C19H19N3O4.BrH/c1-3-26-19(25)14(2)20-21-18(24)16-9-11-22(12-10-16)13-17(23)15-7-5-4-6-8-15;/h4-12H,3,13H2,1-2H3;1H/p+1. The van der Waals surface area contributed by atoms with E-state index in [2.05, 4.69) is 10.5 Å². The van der Waals surface area contributed by atoms with Crippen molar-refractivity contribution in [2.45, 2.75) is 20.4 Å². The minimum atomic E-state index is -0.585. The summed E-state index contributed by atoms with van der Waals surface area (Å²) in [5.41, 5.74) is 3.34. The third kappa shape index (κ3) is 6.74. The molecule has 0 spiro atoms. The summed E-state index contributed by atoms with van der Waals surface area (Å²) in [6.45, 7) is 3.55. The Hall–Kier alpha value is -2.87. The molecule has 2 rings (SSSR count). The molecule has 0 bridgehead atoms. The lowest BCUT2D eigenvalue weighted by Gasteiger charge is -2.03. The van der Waals surface area contributed by atoms with Crippen molar-refractivity contribution in [1.82, 2.24) is 5.43 Å². The van der Waals surface area contributed by atoms with Gasteiger partial charge in [-0.05, 0) is 13.8 Å². The van der Waals surface area contributed by atoms with E-state index >= 15 is 0 Å². The molecule has 0 unspecified atom stereocenters. The predicted octanol–water partition coefficient (Wildman–Crippen LogP) is 2.10. The number of carbonyl (C=O) groups is 3. The fourth-order valence-corrected chi connectivity index (χ4v) is 2.08. The number of hydrogen-bond acceptors (Lipinski definition) is 5. The van der Waals surface area contributed by atoms with Crippen molar-refractivity contribution in [2.75, 3.05) is 6.61 Å². The molecule has 2 aromatic rings. The van der Waals surface area contributed by atoms with E-state index in [9.17, 15) is 14.4 Å². The first-order valence-corrected chi connectivity index (χ1v) is 8.10. The molecule has 7 nitrogen and oxygen atoms in total. The maximum Gasteiger partial charge on any atom is 0.354 e. The summed E-state index contributed by atoms with van der Waals surface area (Å²) in [6, 6.07) is 12.1. The average molecular weight is 435 g/mol. The van der Waals surface area contributed by atoms with E-state index < -0.39 is 11.9 Å². The predicted molar refractivity (Wildman–Crippen MR) is 105 cm³/mol. The number of ketones is 1. The molecular weight excluding hydrogens is 414 g/mol. The van der Waals surface area contributed by atoms with Crippen LogP contribution in [-0.4, -0.2) is 30.0 Å². The van der Waals surface area contributed by atoms with Gasteiger partial charge in [0.05, 0.1) is 12.2 Å². The van der Waals surface area contributed by atoms with Crippen LogP contribution in [0.25, 0.3) is 0 Å². The van der Waals surface area contributed by atoms with Crippen LogP contribution in [-0.2, 0) is 16.1 Å². The lowest BCUT2D eigenvalue weighted by Crippen LogP contribution is -2.37. The molecular formula is C19H21BrN3O4+. The molecule has 0 aliphatic carbocycles. The second kappa shape index (κ2) is 11.0. The molecule has 1 aromatic heterocycles. The molecule has 8 heteroatoms. The van der Waals surface area contributed by atoms with Gasteiger partial charge in [0.1, 0.15) is 5.71 Å². The second-order valence-corrected chi connectivity index (χ2v) is 5.41. The molecule has 0 aliphatic rings. The van der Waals surface area contributed by atoms with Gasteiger partial charge >= 0.3 is 5.97 Å². The number of pyridine rings is 1. The minimum absolute atomic E-state index is 0. The SMILES string of the molecule is Br.CCOC(=O)/C(C)=N/NC(=O)c1cc[n+](CC(=O)c2ccccc2)cc1. The first-order chi connectivity index (χ1) is 12.5. The van der Waals surface area contributed by atoms with Crippen LogP contribution in [0, 0.1) is 0 Å². The molecule has 0 atom stereocenters. The maximum atomic E-state index is 12.2. The van der Waals surface area contributed by atoms with E-state index in [-0.39, 0.29) is 41.6 Å².